The van der Waals surface area contributed by atoms with E-state index in [4.69, 9.17) is 10.9 Å². The molecule has 136 valence electrons. The molecule has 0 fully saturated rings. The van der Waals surface area contributed by atoms with Gasteiger partial charge in [-0.15, -0.1) is 9.50 Å². The number of nitrogens with one attached hydrogen (secondary N) is 1. The average Bonchev–Trinajstić information content (AvgIpc) is 2.88. The fourth-order valence-electron chi connectivity index (χ4n) is 1.60. The lowest BCUT2D eigenvalue weighted by atomic mass is 10.3. The summed E-state index contributed by atoms with van der Waals surface area (Å²) < 4.78 is 51.3. The number of hydrogen-bond donors (Lipinski definition) is 3. The Balaban J connectivity index is 2.39. The molecule has 0 aliphatic carbocycles. The van der Waals surface area contributed by atoms with Crippen LogP contribution in [0.25, 0.3) is 0 Å². The molecule has 1 aromatic heterocycles. The minimum atomic E-state index is -4.12. The summed E-state index contributed by atoms with van der Waals surface area (Å²) in [7, 11) is -6.84. The van der Waals surface area contributed by atoms with Crippen LogP contribution in [0.15, 0.2) is 37.9 Å². The number of carbonyl (C=O) groups is 1. The second-order valence-electron chi connectivity index (χ2n) is 4.66. The highest BCUT2D eigenvalue weighted by Crippen LogP contribution is 2.16. The number of anilines is 1. The highest BCUT2D eigenvalue weighted by Gasteiger charge is 2.17. The number of primary sulfonamides is 1. The molecular formula is C11H14N6O5S3. The molecule has 2 rings (SSSR count). The van der Waals surface area contributed by atoms with Gasteiger partial charge in [0.25, 0.3) is 20.0 Å². The molecular weight excluding hydrogens is 392 g/mol. The largest absolute Gasteiger partial charge is 0.325 e. The second kappa shape index (κ2) is 7.01. The van der Waals surface area contributed by atoms with Gasteiger partial charge in [0.15, 0.2) is 0 Å². The van der Waals surface area contributed by atoms with Crippen molar-refractivity contribution in [2.75, 3.05) is 11.9 Å². The topological polar surface area (TPSA) is 180 Å². The van der Waals surface area contributed by atoms with Crippen molar-refractivity contribution in [3.8, 4) is 0 Å². The number of benzene rings is 1. The minimum absolute atomic E-state index is 0.149. The highest BCUT2D eigenvalue weighted by atomic mass is 32.2. The monoisotopic (exact) mass is 406 g/mol. The first kappa shape index (κ1) is 19.2. The number of nitrogens with zero attached hydrogens (tertiary/aromatic N) is 3. The van der Waals surface area contributed by atoms with Crippen LogP contribution in [0.4, 0.5) is 5.69 Å². The summed E-state index contributed by atoms with van der Waals surface area (Å²) in [5.41, 5.74) is 5.54. The lowest BCUT2D eigenvalue weighted by Crippen LogP contribution is -2.21. The van der Waals surface area contributed by atoms with Gasteiger partial charge in [0.05, 0.1) is 11.4 Å². The highest BCUT2D eigenvalue weighted by molar-refractivity contribution is 7.91. The SMILES string of the molecule is Cn1nc(S(N)(=O)=O)sc1=NS(=O)(=O)c1ccc(NC(=O)CN)cc1. The van der Waals surface area contributed by atoms with E-state index in [1.807, 2.05) is 0 Å². The molecule has 14 heteroatoms. The van der Waals surface area contributed by atoms with Crippen molar-refractivity contribution in [2.24, 2.45) is 22.3 Å². The third kappa shape index (κ3) is 4.70. The molecule has 1 aromatic carbocycles. The van der Waals surface area contributed by atoms with Crippen LogP contribution in [0.3, 0.4) is 0 Å². The number of rotatable bonds is 5. The van der Waals surface area contributed by atoms with Gasteiger partial charge in [0.2, 0.25) is 15.0 Å². The molecule has 1 amide bonds. The quantitative estimate of drug-likeness (QED) is 0.530. The first-order valence-corrected chi connectivity index (χ1v) is 10.3. The molecule has 0 atom stereocenters. The molecule has 5 N–H and O–H groups in total. The zero-order valence-electron chi connectivity index (χ0n) is 12.8. The van der Waals surface area contributed by atoms with Gasteiger partial charge < -0.3 is 11.1 Å². The van der Waals surface area contributed by atoms with Crippen LogP contribution in [-0.4, -0.2) is 39.1 Å². The van der Waals surface area contributed by atoms with E-state index in [1.54, 1.807) is 0 Å². The van der Waals surface area contributed by atoms with Crippen molar-refractivity contribution in [1.29, 1.82) is 0 Å². The van der Waals surface area contributed by atoms with Crippen molar-refractivity contribution in [1.82, 2.24) is 9.78 Å². The van der Waals surface area contributed by atoms with Gasteiger partial charge in [0, 0.05) is 12.7 Å². The van der Waals surface area contributed by atoms with Gasteiger partial charge in [-0.3, -0.25) is 4.79 Å². The van der Waals surface area contributed by atoms with Crippen LogP contribution in [0.5, 0.6) is 0 Å². The number of amides is 1. The molecule has 0 radical (unpaired) electrons. The van der Waals surface area contributed by atoms with E-state index in [9.17, 15) is 21.6 Å². The van der Waals surface area contributed by atoms with Crippen LogP contribution < -0.4 is 21.0 Å². The summed E-state index contributed by atoms with van der Waals surface area (Å²) in [4.78, 5) is 10.9. The summed E-state index contributed by atoms with van der Waals surface area (Å²) in [6.45, 7) is -0.205. The van der Waals surface area contributed by atoms with Gasteiger partial charge in [-0.25, -0.2) is 18.2 Å². The van der Waals surface area contributed by atoms with Crippen LogP contribution in [-0.2, 0) is 31.9 Å². The maximum absolute atomic E-state index is 12.3. The number of sulfonamides is 2. The zero-order chi connectivity index (χ0) is 18.8. The van der Waals surface area contributed by atoms with Gasteiger partial charge in [-0.2, -0.15) is 8.42 Å². The lowest BCUT2D eigenvalue weighted by Gasteiger charge is -2.04. The number of nitrogens with two attached hydrogens (primary N) is 2. The number of carbonyl (C=O) groups excluding carboxylic acids is 1. The fraction of sp³-hybridized carbons (Fsp3) is 0.182. The van der Waals surface area contributed by atoms with Crippen molar-refractivity contribution in [3.05, 3.63) is 29.1 Å². The van der Waals surface area contributed by atoms with Crippen molar-refractivity contribution in [3.63, 3.8) is 0 Å². The van der Waals surface area contributed by atoms with Crippen molar-refractivity contribution in [2.45, 2.75) is 9.24 Å². The predicted octanol–water partition coefficient (Wildman–Crippen LogP) is -1.68. The Kier molecular flexibility index (Phi) is 5.38. The van der Waals surface area contributed by atoms with E-state index < -0.39 is 30.3 Å². The molecule has 11 nitrogen and oxygen atoms in total. The molecule has 0 spiro atoms. The third-order valence-electron chi connectivity index (χ3n) is 2.75. The third-order valence-corrected chi connectivity index (χ3v) is 6.46. The Morgan fingerprint density at radius 2 is 1.88 bits per heavy atom. The summed E-state index contributed by atoms with van der Waals surface area (Å²) in [6, 6.07) is 5.23. The maximum atomic E-state index is 12.3. The Morgan fingerprint density at radius 3 is 2.36 bits per heavy atom. The van der Waals surface area contributed by atoms with E-state index >= 15 is 0 Å². The van der Waals surface area contributed by atoms with E-state index in [0.29, 0.717) is 17.0 Å². The van der Waals surface area contributed by atoms with Crippen LogP contribution >= 0.6 is 11.3 Å². The predicted molar refractivity (Wildman–Crippen MR) is 89.3 cm³/mol. The Labute approximate surface area is 147 Å². The number of hydrogen-bond acceptors (Lipinski definition) is 8. The lowest BCUT2D eigenvalue weighted by molar-refractivity contribution is -0.114. The van der Waals surface area contributed by atoms with E-state index in [0.717, 1.165) is 4.68 Å². The first-order valence-electron chi connectivity index (χ1n) is 6.51. The average molecular weight is 406 g/mol. The van der Waals surface area contributed by atoms with Crippen LogP contribution in [0.2, 0.25) is 0 Å². The van der Waals surface area contributed by atoms with Gasteiger partial charge in [-0.1, -0.05) is 11.3 Å². The Hall–Kier alpha value is -2.13. The van der Waals surface area contributed by atoms with Crippen molar-refractivity contribution >= 4 is 43.0 Å². The van der Waals surface area contributed by atoms with Gasteiger partial charge >= 0.3 is 0 Å². The van der Waals surface area contributed by atoms with Crippen LogP contribution in [0.1, 0.15) is 0 Å². The molecule has 0 saturated carbocycles. The minimum Gasteiger partial charge on any atom is -0.325 e. The summed E-state index contributed by atoms with van der Waals surface area (Å²) in [5, 5.41) is 11.0. The molecule has 0 saturated heterocycles. The molecule has 0 aliphatic heterocycles. The zero-order valence-corrected chi connectivity index (χ0v) is 15.2. The normalized spacial score (nSPS) is 13.0. The summed E-state index contributed by atoms with van der Waals surface area (Å²) in [5.74, 6) is -0.424. The molecule has 0 aliphatic rings. The maximum Gasteiger partial charge on any atom is 0.285 e. The molecule has 2 aromatic rings. The van der Waals surface area contributed by atoms with Gasteiger partial charge in [-0.05, 0) is 24.3 Å². The smallest absolute Gasteiger partial charge is 0.285 e. The van der Waals surface area contributed by atoms with Crippen molar-refractivity contribution < 1.29 is 21.6 Å². The Bertz CT molecular complexity index is 1070. The summed E-state index contributed by atoms with van der Waals surface area (Å²) in [6.07, 6.45) is 0. The number of aromatic nitrogens is 2. The molecule has 25 heavy (non-hydrogen) atoms. The molecule has 0 unspecified atom stereocenters. The Morgan fingerprint density at radius 1 is 1.28 bits per heavy atom. The second-order valence-corrected chi connectivity index (χ2v) is 8.96. The van der Waals surface area contributed by atoms with E-state index in [1.165, 1.54) is 31.3 Å². The first-order chi connectivity index (χ1) is 11.5. The van der Waals surface area contributed by atoms with Crippen LogP contribution in [0, 0.1) is 0 Å². The van der Waals surface area contributed by atoms with Gasteiger partial charge in [0.1, 0.15) is 0 Å². The standard InChI is InChI=1S/C11H14N6O5S3/c1-17-10(23-11(15-17)24(13,19)20)16-25(21,22)8-4-2-7(3-5-8)14-9(18)6-12/h2-5H,6,12H2,1H3,(H,14,18)(H2,13,19,20). The molecule has 0 bridgehead atoms. The van der Waals surface area contributed by atoms with E-state index in [2.05, 4.69) is 14.8 Å². The number of aryl methyl sites for hydroxylation is 1. The molecule has 1 heterocycles. The fourth-order valence-corrected chi connectivity index (χ4v) is 4.37. The summed E-state index contributed by atoms with van der Waals surface area (Å²) >= 11 is 0.525. The van der Waals surface area contributed by atoms with E-state index in [-0.39, 0.29) is 16.2 Å².